The summed E-state index contributed by atoms with van der Waals surface area (Å²) in [5.74, 6) is 6.60. The van der Waals surface area contributed by atoms with Crippen LogP contribution in [0.1, 0.15) is 6.99 Å². The smallest absolute Gasteiger partial charge is 1.00 e. The molecule has 0 spiro atoms. The molecule has 0 unspecified atom stereocenters. The second-order valence-electron chi connectivity index (χ2n) is 16.3. The molecule has 0 fully saturated rings. The SMILES string of the molecule is COc1ccc(Nc2nc3[nH]c(=O)c4ccccc4n3n2)cc1OC.COc1ccc(Nc2nc3n(n2)-c2ccccc2CN3)cc1OC.COc1ccc(Nc2nc3nc(Cl)c4ccccc4n3n2)cc1OC.O=P(Cl)(Cl)Cl.[B].[H-].[Na+]. The van der Waals surface area contributed by atoms with Crippen LogP contribution in [-0.2, 0) is 11.1 Å². The molecule has 23 nitrogen and oxygen atoms in total. The summed E-state index contributed by atoms with van der Waals surface area (Å²) in [6.07, 6.45) is 0. The maximum atomic E-state index is 12.1. The summed E-state index contributed by atoms with van der Waals surface area (Å²) < 4.78 is 46.2. The molecule has 5 aromatic heterocycles. The normalized spacial score (nSPS) is 11.0. The van der Waals surface area contributed by atoms with Gasteiger partial charge in [0.2, 0.25) is 29.6 Å². The fraction of sp³-hybridized carbons (Fsp3) is 0.137. The van der Waals surface area contributed by atoms with Crippen molar-refractivity contribution >= 4 is 133 Å². The van der Waals surface area contributed by atoms with E-state index in [0.717, 1.165) is 46.1 Å². The minimum atomic E-state index is -3.22. The minimum Gasteiger partial charge on any atom is -1.00 e. The van der Waals surface area contributed by atoms with Gasteiger partial charge in [0.1, 0.15) is 5.15 Å². The number of fused-ring (bicyclic) bond motifs is 9. The maximum absolute atomic E-state index is 12.1. The molecule has 5 N–H and O–H groups in total. The molecule has 0 aliphatic carbocycles. The first kappa shape index (κ1) is 61.0. The van der Waals surface area contributed by atoms with Crippen LogP contribution in [0.4, 0.5) is 40.9 Å². The molecule has 6 heterocycles. The molecule has 0 atom stereocenters. The van der Waals surface area contributed by atoms with Gasteiger partial charge in [-0.15, -0.1) is 15.3 Å². The average Bonchev–Trinajstić information content (AvgIpc) is 4.34. The Kier molecular flexibility index (Phi) is 20.5. The quantitative estimate of drug-likeness (QED) is 0.0436. The third-order valence-corrected chi connectivity index (χ3v) is 11.8. The number of benzene rings is 6. The van der Waals surface area contributed by atoms with Crippen molar-refractivity contribution in [3.63, 3.8) is 0 Å². The van der Waals surface area contributed by atoms with Gasteiger partial charge in [-0.25, -0.2) is 0 Å². The topological polar surface area (TPSA) is 257 Å². The molecule has 0 saturated heterocycles. The van der Waals surface area contributed by atoms with E-state index in [1.807, 2.05) is 108 Å². The number of aromatic amines is 1. The van der Waals surface area contributed by atoms with Crippen molar-refractivity contribution in [2.75, 3.05) is 63.9 Å². The van der Waals surface area contributed by atoms with Gasteiger partial charge in [-0.3, -0.25) is 14.3 Å². The largest absolute Gasteiger partial charge is 1.00 e. The van der Waals surface area contributed by atoms with Gasteiger partial charge in [-0.05, 0) is 106 Å². The van der Waals surface area contributed by atoms with Crippen LogP contribution in [0.15, 0.2) is 132 Å². The number of hydrogen-bond acceptors (Lipinski definition) is 19. The van der Waals surface area contributed by atoms with Crippen LogP contribution in [0.2, 0.25) is 5.15 Å². The molecular formula is C51H47BCl4N15NaO8P. The van der Waals surface area contributed by atoms with Gasteiger partial charge < -0.3 is 51.1 Å². The van der Waals surface area contributed by atoms with E-state index in [1.54, 1.807) is 69.9 Å². The van der Waals surface area contributed by atoms with E-state index in [4.69, 9.17) is 40.0 Å². The van der Waals surface area contributed by atoms with E-state index in [2.05, 4.69) is 101 Å². The molecule has 12 rings (SSSR count). The molecule has 1 aliphatic heterocycles. The maximum Gasteiger partial charge on any atom is 1.00 e. The monoisotopic (exact) mass is 1200 g/mol. The summed E-state index contributed by atoms with van der Waals surface area (Å²) >= 11 is 20.1. The van der Waals surface area contributed by atoms with E-state index in [0.29, 0.717) is 80.0 Å². The van der Waals surface area contributed by atoms with Crippen molar-refractivity contribution in [3.05, 3.63) is 148 Å². The summed E-state index contributed by atoms with van der Waals surface area (Å²) in [6.45, 7) is 0.741. The Morgan fingerprint density at radius 1 is 0.556 bits per heavy atom. The van der Waals surface area contributed by atoms with Crippen LogP contribution in [0.3, 0.4) is 0 Å². The zero-order chi connectivity index (χ0) is 55.8. The summed E-state index contributed by atoms with van der Waals surface area (Å²) in [7, 11) is 9.55. The Balaban J connectivity index is 0.000000186. The van der Waals surface area contributed by atoms with Gasteiger partial charge in [0.05, 0.1) is 64.8 Å². The van der Waals surface area contributed by atoms with Gasteiger partial charge in [0, 0.05) is 55.6 Å². The van der Waals surface area contributed by atoms with Crippen molar-refractivity contribution < 1.29 is 64.0 Å². The predicted molar refractivity (Wildman–Crippen MR) is 314 cm³/mol. The standard InChI is InChI=1S/C17H14ClN5O2.C17H15N5O3.C17H17N5O2.B.Cl3OP.Na.H/c1-24-13-8-7-10(9-14(13)25-2)19-16-21-17-20-15(18)11-5-3-4-6-12(11)23(17)22-16;1-24-13-8-7-10(9-14(13)25-2)18-16-20-17-19-15(23)11-5-3-4-6-12(11)22(17)21-16;1-23-14-8-7-12(9-15(14)24-2)19-16-20-17-18-10-11-5-3-4-6-13(11)22(17)21-16;;1-5(2,3)4;;/h3-9H,1-2H3,(H,19,22);3-9H,1-2H3,(H2,18,19,20,21,23);3-9H,10H2,1-2H3,(H2,18,19,20,21);;;;/q;;;;;+1;-1. The van der Waals surface area contributed by atoms with Gasteiger partial charge in [-0.2, -0.15) is 33.6 Å². The molecule has 411 valence electrons. The molecule has 6 aromatic carbocycles. The van der Waals surface area contributed by atoms with Gasteiger partial charge >= 0.3 is 34.8 Å². The summed E-state index contributed by atoms with van der Waals surface area (Å²) in [5, 5.41) is 24.7. The number of methoxy groups -OCH3 is 6. The van der Waals surface area contributed by atoms with Crippen molar-refractivity contribution in [1.29, 1.82) is 0 Å². The van der Waals surface area contributed by atoms with Gasteiger partial charge in [0.25, 0.3) is 11.3 Å². The minimum absolute atomic E-state index is 0. The Bertz CT molecular complexity index is 4110. The van der Waals surface area contributed by atoms with Crippen molar-refractivity contribution in [2.45, 2.75) is 6.54 Å². The second kappa shape index (κ2) is 27.2. The van der Waals surface area contributed by atoms with Crippen molar-refractivity contribution in [2.24, 2.45) is 0 Å². The molecule has 0 bridgehead atoms. The molecule has 3 radical (unpaired) electrons. The molecule has 30 heteroatoms. The summed E-state index contributed by atoms with van der Waals surface area (Å²) in [5.41, 5.74) is 5.88. The van der Waals surface area contributed by atoms with E-state index in [-0.39, 0.29) is 45.0 Å². The van der Waals surface area contributed by atoms with E-state index >= 15 is 0 Å². The Morgan fingerprint density at radius 2 is 1.00 bits per heavy atom. The number of para-hydroxylation sites is 3. The van der Waals surface area contributed by atoms with E-state index < -0.39 is 5.20 Å². The third-order valence-electron chi connectivity index (χ3n) is 11.5. The Morgan fingerprint density at radius 3 is 1.53 bits per heavy atom. The van der Waals surface area contributed by atoms with E-state index in [9.17, 15) is 9.36 Å². The fourth-order valence-electron chi connectivity index (χ4n) is 8.02. The molecule has 0 saturated carbocycles. The van der Waals surface area contributed by atoms with Crippen LogP contribution >= 0.6 is 50.5 Å². The number of halogens is 4. The number of nitrogens with zero attached hydrogens (tertiary/aromatic N) is 10. The first-order valence-electron chi connectivity index (χ1n) is 23.3. The molecule has 0 amide bonds. The molecular weight excluding hydrogens is 1160 g/mol. The van der Waals surface area contributed by atoms with Crippen molar-refractivity contribution in [1.82, 2.24) is 53.9 Å². The summed E-state index contributed by atoms with van der Waals surface area (Å²) in [4.78, 5) is 32.4. The Hall–Kier alpha value is -7.67. The Labute approximate surface area is 506 Å². The van der Waals surface area contributed by atoms with Crippen LogP contribution in [0, 0.1) is 0 Å². The predicted octanol–water partition coefficient (Wildman–Crippen LogP) is 8.52. The number of ether oxygens (including phenoxy) is 6. The second-order valence-corrected chi connectivity index (χ2v) is 23.3. The third kappa shape index (κ3) is 14.5. The van der Waals surface area contributed by atoms with Gasteiger partial charge in [-0.1, -0.05) is 54.1 Å². The first-order chi connectivity index (χ1) is 38.2. The fourth-order valence-corrected chi connectivity index (χ4v) is 8.26. The molecule has 1 aliphatic rings. The number of hydrogen-bond donors (Lipinski definition) is 5. The number of nitrogens with one attached hydrogen (secondary N) is 5. The van der Waals surface area contributed by atoms with Crippen LogP contribution in [0.25, 0.3) is 39.0 Å². The first-order valence-corrected chi connectivity index (χ1v) is 28.1. The van der Waals surface area contributed by atoms with Crippen LogP contribution in [0.5, 0.6) is 34.5 Å². The average molecular weight is 1200 g/mol. The zero-order valence-corrected chi connectivity index (χ0v) is 50.0. The van der Waals surface area contributed by atoms with Crippen molar-refractivity contribution in [3.8, 4) is 40.2 Å². The van der Waals surface area contributed by atoms with Crippen LogP contribution in [-0.4, -0.2) is 105 Å². The summed E-state index contributed by atoms with van der Waals surface area (Å²) in [6, 6.07) is 39.4. The van der Waals surface area contributed by atoms with Crippen LogP contribution < -0.4 is 84.8 Å². The molecule has 11 aromatic rings. The molecule has 81 heavy (non-hydrogen) atoms. The number of rotatable bonds is 12. The number of anilines is 7. The zero-order valence-electron chi connectivity index (χ0n) is 45.1. The number of aromatic nitrogens is 11. The van der Waals surface area contributed by atoms with E-state index in [1.165, 1.54) is 5.56 Å². The number of H-pyrrole nitrogens is 1. The van der Waals surface area contributed by atoms with Gasteiger partial charge in [0.15, 0.2) is 34.5 Å².